The molecule has 0 aliphatic carbocycles. The molecule has 0 saturated heterocycles. The van der Waals surface area contributed by atoms with Crippen molar-refractivity contribution in [2.45, 2.75) is 0 Å². The Morgan fingerprint density at radius 2 is 1.59 bits per heavy atom. The molecule has 0 bridgehead atoms. The molecule has 0 unspecified atom stereocenters. The number of hydrogen-bond acceptors (Lipinski definition) is 2. The molecule has 2 aromatic carbocycles. The second-order valence-electron chi connectivity index (χ2n) is 4.79. The lowest BCUT2D eigenvalue weighted by molar-refractivity contribution is 0.414. The minimum atomic E-state index is -0.285. The van der Waals surface area contributed by atoms with Crippen molar-refractivity contribution in [3.8, 4) is 28.3 Å². The van der Waals surface area contributed by atoms with E-state index in [0.29, 0.717) is 11.4 Å². The SMILES string of the molecule is COc1cc(-c2ccc(Br)cc2)nc(-c2cccc(F)c2)c1. The van der Waals surface area contributed by atoms with Crippen molar-refractivity contribution < 1.29 is 9.13 Å². The zero-order chi connectivity index (χ0) is 15.5. The summed E-state index contributed by atoms with van der Waals surface area (Å²) in [6.07, 6.45) is 0. The molecule has 4 heteroatoms. The number of ether oxygens (including phenoxy) is 1. The van der Waals surface area contributed by atoms with Gasteiger partial charge in [-0.2, -0.15) is 0 Å². The van der Waals surface area contributed by atoms with Gasteiger partial charge in [0.25, 0.3) is 0 Å². The highest BCUT2D eigenvalue weighted by Gasteiger charge is 2.08. The maximum Gasteiger partial charge on any atom is 0.123 e. The van der Waals surface area contributed by atoms with E-state index in [-0.39, 0.29) is 5.82 Å². The van der Waals surface area contributed by atoms with E-state index in [2.05, 4.69) is 20.9 Å². The Bertz CT molecular complexity index is 802. The molecule has 1 aromatic heterocycles. The highest BCUT2D eigenvalue weighted by atomic mass is 79.9. The van der Waals surface area contributed by atoms with Gasteiger partial charge < -0.3 is 4.74 Å². The molecule has 1 heterocycles. The first-order valence-electron chi connectivity index (χ1n) is 6.73. The van der Waals surface area contributed by atoms with Crippen LogP contribution in [0.4, 0.5) is 4.39 Å². The highest BCUT2D eigenvalue weighted by molar-refractivity contribution is 9.10. The Morgan fingerprint density at radius 1 is 0.909 bits per heavy atom. The van der Waals surface area contributed by atoms with Crippen LogP contribution in [-0.4, -0.2) is 12.1 Å². The van der Waals surface area contributed by atoms with Crippen LogP contribution in [0.3, 0.4) is 0 Å². The summed E-state index contributed by atoms with van der Waals surface area (Å²) >= 11 is 3.42. The van der Waals surface area contributed by atoms with Crippen molar-refractivity contribution in [1.82, 2.24) is 4.98 Å². The minimum Gasteiger partial charge on any atom is -0.497 e. The van der Waals surface area contributed by atoms with E-state index in [1.54, 1.807) is 19.2 Å². The molecule has 0 fully saturated rings. The number of benzene rings is 2. The monoisotopic (exact) mass is 357 g/mol. The maximum atomic E-state index is 13.4. The van der Waals surface area contributed by atoms with Crippen LogP contribution in [0, 0.1) is 5.82 Å². The Balaban J connectivity index is 2.12. The molecule has 0 saturated carbocycles. The van der Waals surface area contributed by atoms with Crippen molar-refractivity contribution in [3.05, 3.63) is 71.0 Å². The number of methoxy groups -OCH3 is 1. The van der Waals surface area contributed by atoms with Crippen LogP contribution in [0.1, 0.15) is 0 Å². The standard InChI is InChI=1S/C18H13BrFNO/c1-22-16-10-17(12-5-7-14(19)8-6-12)21-18(11-16)13-3-2-4-15(20)9-13/h2-11H,1H3. The van der Waals surface area contributed by atoms with Gasteiger partial charge in [-0.25, -0.2) is 9.37 Å². The van der Waals surface area contributed by atoms with Gasteiger partial charge in [-0.05, 0) is 24.3 Å². The quantitative estimate of drug-likeness (QED) is 0.632. The Morgan fingerprint density at radius 3 is 2.23 bits per heavy atom. The molecule has 0 amide bonds. The molecule has 0 radical (unpaired) electrons. The van der Waals surface area contributed by atoms with Crippen LogP contribution in [-0.2, 0) is 0 Å². The normalized spacial score (nSPS) is 10.5. The van der Waals surface area contributed by atoms with Gasteiger partial charge in [0.15, 0.2) is 0 Å². The first kappa shape index (κ1) is 14.7. The molecular formula is C18H13BrFNO. The van der Waals surface area contributed by atoms with E-state index in [1.807, 2.05) is 36.4 Å². The van der Waals surface area contributed by atoms with Crippen molar-refractivity contribution in [2.75, 3.05) is 7.11 Å². The van der Waals surface area contributed by atoms with E-state index >= 15 is 0 Å². The lowest BCUT2D eigenvalue weighted by atomic mass is 10.1. The van der Waals surface area contributed by atoms with Crippen LogP contribution < -0.4 is 4.74 Å². The van der Waals surface area contributed by atoms with Crippen LogP contribution in [0.15, 0.2) is 65.1 Å². The fourth-order valence-corrected chi connectivity index (χ4v) is 2.45. The lowest BCUT2D eigenvalue weighted by Crippen LogP contribution is -1.92. The summed E-state index contributed by atoms with van der Waals surface area (Å²) in [5.74, 6) is 0.402. The summed E-state index contributed by atoms with van der Waals surface area (Å²) in [4.78, 5) is 4.63. The lowest BCUT2D eigenvalue weighted by Gasteiger charge is -2.09. The summed E-state index contributed by atoms with van der Waals surface area (Å²) < 4.78 is 19.8. The number of hydrogen-bond donors (Lipinski definition) is 0. The molecule has 3 rings (SSSR count). The van der Waals surface area contributed by atoms with Crippen molar-refractivity contribution >= 4 is 15.9 Å². The molecule has 0 atom stereocenters. The number of pyridine rings is 1. The van der Waals surface area contributed by atoms with Gasteiger partial charge in [0.1, 0.15) is 11.6 Å². The average Bonchev–Trinajstić information content (AvgIpc) is 2.55. The Hall–Kier alpha value is -2.20. The summed E-state index contributed by atoms with van der Waals surface area (Å²) in [5.41, 5.74) is 3.15. The number of aromatic nitrogens is 1. The van der Waals surface area contributed by atoms with Crippen LogP contribution in [0.2, 0.25) is 0 Å². The van der Waals surface area contributed by atoms with E-state index in [1.165, 1.54) is 12.1 Å². The van der Waals surface area contributed by atoms with Crippen molar-refractivity contribution in [1.29, 1.82) is 0 Å². The number of rotatable bonds is 3. The van der Waals surface area contributed by atoms with Crippen LogP contribution in [0.5, 0.6) is 5.75 Å². The number of halogens is 2. The van der Waals surface area contributed by atoms with Gasteiger partial charge in [-0.3, -0.25) is 0 Å². The Labute approximate surface area is 136 Å². The smallest absolute Gasteiger partial charge is 0.123 e. The van der Waals surface area contributed by atoms with Crippen molar-refractivity contribution in [2.24, 2.45) is 0 Å². The van der Waals surface area contributed by atoms with Crippen molar-refractivity contribution in [3.63, 3.8) is 0 Å². The number of nitrogens with zero attached hydrogens (tertiary/aromatic N) is 1. The maximum absolute atomic E-state index is 13.4. The van der Waals surface area contributed by atoms with E-state index in [4.69, 9.17) is 4.74 Å². The molecule has 0 aliphatic rings. The zero-order valence-electron chi connectivity index (χ0n) is 11.9. The van der Waals surface area contributed by atoms with Gasteiger partial charge in [0.2, 0.25) is 0 Å². The summed E-state index contributed by atoms with van der Waals surface area (Å²) in [7, 11) is 1.61. The topological polar surface area (TPSA) is 22.1 Å². The Kier molecular flexibility index (Phi) is 4.20. The predicted octanol–water partition coefficient (Wildman–Crippen LogP) is 5.33. The van der Waals surface area contributed by atoms with E-state index < -0.39 is 0 Å². The average molecular weight is 358 g/mol. The predicted molar refractivity (Wildman–Crippen MR) is 89.3 cm³/mol. The third kappa shape index (κ3) is 3.17. The first-order valence-corrected chi connectivity index (χ1v) is 7.53. The van der Waals surface area contributed by atoms with E-state index in [0.717, 1.165) is 21.3 Å². The van der Waals surface area contributed by atoms with E-state index in [9.17, 15) is 4.39 Å². The molecule has 22 heavy (non-hydrogen) atoms. The zero-order valence-corrected chi connectivity index (χ0v) is 13.5. The van der Waals surface area contributed by atoms with Gasteiger partial charge in [0, 0.05) is 27.7 Å². The molecule has 0 N–H and O–H groups in total. The second-order valence-corrected chi connectivity index (χ2v) is 5.71. The second kappa shape index (κ2) is 6.28. The van der Waals surface area contributed by atoms with Gasteiger partial charge in [-0.1, -0.05) is 40.2 Å². The third-order valence-electron chi connectivity index (χ3n) is 3.29. The molecular weight excluding hydrogens is 345 g/mol. The fourth-order valence-electron chi connectivity index (χ4n) is 2.19. The molecule has 0 aliphatic heterocycles. The van der Waals surface area contributed by atoms with Gasteiger partial charge in [0.05, 0.1) is 18.5 Å². The van der Waals surface area contributed by atoms with Crippen LogP contribution in [0.25, 0.3) is 22.5 Å². The van der Waals surface area contributed by atoms with Gasteiger partial charge >= 0.3 is 0 Å². The largest absolute Gasteiger partial charge is 0.497 e. The third-order valence-corrected chi connectivity index (χ3v) is 3.82. The van der Waals surface area contributed by atoms with Crippen LogP contribution >= 0.6 is 15.9 Å². The first-order chi connectivity index (χ1) is 10.7. The highest BCUT2D eigenvalue weighted by Crippen LogP contribution is 2.29. The summed E-state index contributed by atoms with van der Waals surface area (Å²) in [6.45, 7) is 0. The molecule has 110 valence electrons. The molecule has 0 spiro atoms. The summed E-state index contributed by atoms with van der Waals surface area (Å²) in [5, 5.41) is 0. The minimum absolute atomic E-state index is 0.285. The van der Waals surface area contributed by atoms with Gasteiger partial charge in [-0.15, -0.1) is 0 Å². The molecule has 2 nitrogen and oxygen atoms in total. The summed E-state index contributed by atoms with van der Waals surface area (Å²) in [6, 6.07) is 17.9. The molecule has 3 aromatic rings. The fraction of sp³-hybridized carbons (Fsp3) is 0.0556.